The number of anilines is 1. The number of pyridine rings is 1. The lowest BCUT2D eigenvalue weighted by Crippen LogP contribution is -2.04. The third-order valence-corrected chi connectivity index (χ3v) is 5.27. The highest BCUT2D eigenvalue weighted by Crippen LogP contribution is 2.41. The monoisotopic (exact) mass is 372 g/mol. The van der Waals surface area contributed by atoms with E-state index < -0.39 is 0 Å². The average molecular weight is 372 g/mol. The van der Waals surface area contributed by atoms with E-state index in [0.717, 1.165) is 5.56 Å². The van der Waals surface area contributed by atoms with Gasteiger partial charge in [-0.3, -0.25) is 0 Å². The molecule has 1 unspecified atom stereocenters. The summed E-state index contributed by atoms with van der Waals surface area (Å²) in [5, 5.41) is 29.4. The van der Waals surface area contributed by atoms with Gasteiger partial charge in [0.2, 0.25) is 0 Å². The zero-order valence-electron chi connectivity index (χ0n) is 14.5. The first-order valence-corrected chi connectivity index (χ1v) is 9.07. The fourth-order valence-electron chi connectivity index (χ4n) is 2.76. The molecular weight excluding hydrogens is 356 g/mol. The summed E-state index contributed by atoms with van der Waals surface area (Å²) in [5.41, 5.74) is 8.67. The van der Waals surface area contributed by atoms with Crippen molar-refractivity contribution in [3.8, 4) is 29.0 Å². The molecule has 132 valence electrons. The number of nitriles is 2. The summed E-state index contributed by atoms with van der Waals surface area (Å²) in [4.78, 5) is 4.33. The maximum absolute atomic E-state index is 9.81. The van der Waals surface area contributed by atoms with Crippen molar-refractivity contribution in [1.29, 1.82) is 10.5 Å². The Kier molecular flexibility index (Phi) is 5.30. The number of aromatic hydroxyl groups is 1. The van der Waals surface area contributed by atoms with Gasteiger partial charge in [0, 0.05) is 10.8 Å². The highest BCUT2D eigenvalue weighted by molar-refractivity contribution is 7.99. The van der Waals surface area contributed by atoms with Gasteiger partial charge in [0.05, 0.1) is 5.56 Å². The van der Waals surface area contributed by atoms with Crippen LogP contribution < -0.4 is 5.73 Å². The molecule has 1 aromatic heterocycles. The SMILES string of the molecule is CC(Sc1nc(N)c(C#N)c(-c2ccc(O)cc2)c1C#N)c1ccccc1. The summed E-state index contributed by atoms with van der Waals surface area (Å²) >= 11 is 1.42. The van der Waals surface area contributed by atoms with Gasteiger partial charge in [0.25, 0.3) is 0 Å². The number of phenolic OH excluding ortho intramolecular Hbond substituents is 1. The van der Waals surface area contributed by atoms with Crippen LogP contribution in [0, 0.1) is 22.7 Å². The highest BCUT2D eigenvalue weighted by atomic mass is 32.2. The molecular formula is C21H16N4OS. The molecule has 6 heteroatoms. The van der Waals surface area contributed by atoms with E-state index in [-0.39, 0.29) is 22.4 Å². The lowest BCUT2D eigenvalue weighted by Gasteiger charge is -2.16. The predicted octanol–water partition coefficient (Wildman–Crippen LogP) is 4.63. The van der Waals surface area contributed by atoms with Crippen LogP contribution in [0.3, 0.4) is 0 Å². The van der Waals surface area contributed by atoms with Gasteiger partial charge >= 0.3 is 0 Å². The number of rotatable bonds is 4. The number of aromatic nitrogens is 1. The van der Waals surface area contributed by atoms with Crippen LogP contribution in [0.2, 0.25) is 0 Å². The molecule has 0 aliphatic rings. The maximum atomic E-state index is 9.81. The van der Waals surface area contributed by atoms with Crippen molar-refractivity contribution in [2.24, 2.45) is 0 Å². The first kappa shape index (κ1) is 18.3. The van der Waals surface area contributed by atoms with Gasteiger partial charge in [-0.05, 0) is 30.2 Å². The molecule has 0 radical (unpaired) electrons. The predicted molar refractivity (Wildman–Crippen MR) is 106 cm³/mol. The molecule has 0 amide bonds. The van der Waals surface area contributed by atoms with Crippen LogP contribution in [0.4, 0.5) is 5.82 Å². The number of hydrogen-bond acceptors (Lipinski definition) is 6. The van der Waals surface area contributed by atoms with Crippen molar-refractivity contribution in [2.45, 2.75) is 17.2 Å². The smallest absolute Gasteiger partial charge is 0.143 e. The van der Waals surface area contributed by atoms with E-state index in [9.17, 15) is 15.6 Å². The Labute approximate surface area is 161 Å². The number of nitrogens with zero attached hydrogens (tertiary/aromatic N) is 3. The topological polar surface area (TPSA) is 107 Å². The van der Waals surface area contributed by atoms with Crippen molar-refractivity contribution in [2.75, 3.05) is 5.73 Å². The average Bonchev–Trinajstić information content (AvgIpc) is 2.69. The van der Waals surface area contributed by atoms with Gasteiger partial charge in [-0.1, -0.05) is 54.2 Å². The van der Waals surface area contributed by atoms with Gasteiger partial charge < -0.3 is 10.8 Å². The Morgan fingerprint density at radius 3 is 2.22 bits per heavy atom. The maximum Gasteiger partial charge on any atom is 0.143 e. The lowest BCUT2D eigenvalue weighted by atomic mass is 9.97. The molecule has 5 nitrogen and oxygen atoms in total. The van der Waals surface area contributed by atoms with Crippen LogP contribution in [0.1, 0.15) is 28.9 Å². The van der Waals surface area contributed by atoms with Crippen LogP contribution in [0.25, 0.3) is 11.1 Å². The number of phenols is 1. The summed E-state index contributed by atoms with van der Waals surface area (Å²) in [6, 6.07) is 20.4. The summed E-state index contributed by atoms with van der Waals surface area (Å²) in [6.07, 6.45) is 0. The summed E-state index contributed by atoms with van der Waals surface area (Å²) in [7, 11) is 0. The van der Waals surface area contributed by atoms with E-state index in [1.165, 1.54) is 23.9 Å². The number of nitrogens with two attached hydrogens (primary N) is 1. The third kappa shape index (κ3) is 3.72. The number of thioether (sulfide) groups is 1. The minimum Gasteiger partial charge on any atom is -0.508 e. The fraction of sp³-hybridized carbons (Fsp3) is 0.0952. The van der Waals surface area contributed by atoms with Crippen molar-refractivity contribution >= 4 is 17.6 Å². The second kappa shape index (κ2) is 7.82. The summed E-state index contributed by atoms with van der Waals surface area (Å²) in [5.74, 6) is 0.187. The summed E-state index contributed by atoms with van der Waals surface area (Å²) in [6.45, 7) is 2.03. The normalized spacial score (nSPS) is 11.4. The van der Waals surface area contributed by atoms with Gasteiger partial charge in [0.15, 0.2) is 0 Å². The first-order valence-electron chi connectivity index (χ1n) is 8.19. The van der Waals surface area contributed by atoms with E-state index in [0.29, 0.717) is 21.7 Å². The largest absolute Gasteiger partial charge is 0.508 e. The van der Waals surface area contributed by atoms with E-state index >= 15 is 0 Å². The molecule has 0 aliphatic heterocycles. The second-order valence-corrected chi connectivity index (χ2v) is 7.20. The van der Waals surface area contributed by atoms with Crippen LogP contribution in [0.15, 0.2) is 59.6 Å². The first-order chi connectivity index (χ1) is 13.0. The van der Waals surface area contributed by atoms with Crippen LogP contribution in [-0.2, 0) is 0 Å². The minimum atomic E-state index is 0.0470. The van der Waals surface area contributed by atoms with E-state index in [1.807, 2.05) is 37.3 Å². The van der Waals surface area contributed by atoms with Gasteiger partial charge in [-0.15, -0.1) is 0 Å². The Morgan fingerprint density at radius 2 is 1.63 bits per heavy atom. The second-order valence-electron chi connectivity index (χ2n) is 5.87. The van der Waals surface area contributed by atoms with E-state index in [4.69, 9.17) is 5.73 Å². The molecule has 1 atom stereocenters. The quantitative estimate of drug-likeness (QED) is 0.647. The molecule has 0 spiro atoms. The molecule has 3 N–H and O–H groups in total. The lowest BCUT2D eigenvalue weighted by molar-refractivity contribution is 0.475. The molecule has 0 aliphatic carbocycles. The van der Waals surface area contributed by atoms with E-state index in [1.54, 1.807) is 12.1 Å². The van der Waals surface area contributed by atoms with Crippen molar-refractivity contribution in [1.82, 2.24) is 4.98 Å². The van der Waals surface area contributed by atoms with Crippen LogP contribution in [-0.4, -0.2) is 10.1 Å². The Balaban J connectivity index is 2.15. The van der Waals surface area contributed by atoms with Gasteiger partial charge in [0.1, 0.15) is 34.3 Å². The third-order valence-electron chi connectivity index (χ3n) is 4.13. The van der Waals surface area contributed by atoms with Crippen molar-refractivity contribution in [3.63, 3.8) is 0 Å². The number of benzene rings is 2. The molecule has 0 fully saturated rings. The molecule has 0 bridgehead atoms. The van der Waals surface area contributed by atoms with Gasteiger partial charge in [-0.25, -0.2) is 4.98 Å². The van der Waals surface area contributed by atoms with Crippen molar-refractivity contribution < 1.29 is 5.11 Å². The fourth-order valence-corrected chi connectivity index (χ4v) is 3.80. The molecule has 3 aromatic rings. The molecule has 27 heavy (non-hydrogen) atoms. The van der Waals surface area contributed by atoms with Crippen molar-refractivity contribution in [3.05, 3.63) is 71.3 Å². The standard InChI is InChI=1S/C21H16N4OS/c1-13(14-5-3-2-4-6-14)27-21-18(12-23)19(17(11-22)20(24)25-21)15-7-9-16(26)10-8-15/h2-10,13,26H,1H3,(H2,24,25). The van der Waals surface area contributed by atoms with Gasteiger partial charge in [-0.2, -0.15) is 10.5 Å². The van der Waals surface area contributed by atoms with Crippen LogP contribution in [0.5, 0.6) is 5.75 Å². The number of hydrogen-bond donors (Lipinski definition) is 2. The Hall–Kier alpha value is -3.48. The van der Waals surface area contributed by atoms with Crippen LogP contribution >= 0.6 is 11.8 Å². The van der Waals surface area contributed by atoms with E-state index in [2.05, 4.69) is 17.1 Å². The number of nitrogen functional groups attached to an aromatic ring is 1. The molecule has 1 heterocycles. The molecule has 2 aromatic carbocycles. The molecule has 0 saturated heterocycles. The minimum absolute atomic E-state index is 0.0470. The highest BCUT2D eigenvalue weighted by Gasteiger charge is 2.22. The zero-order valence-corrected chi connectivity index (χ0v) is 15.4. The Morgan fingerprint density at radius 1 is 1.00 bits per heavy atom. The zero-order chi connectivity index (χ0) is 19.4. The molecule has 3 rings (SSSR count). The molecule has 0 saturated carbocycles. The Bertz CT molecular complexity index is 1050. The summed E-state index contributed by atoms with van der Waals surface area (Å²) < 4.78 is 0.